The van der Waals surface area contributed by atoms with Gasteiger partial charge in [0.05, 0.1) is 18.5 Å². The zero-order valence-corrected chi connectivity index (χ0v) is 18.0. The van der Waals surface area contributed by atoms with E-state index in [2.05, 4.69) is 15.0 Å². The first-order valence-electron chi connectivity index (χ1n) is 9.40. The van der Waals surface area contributed by atoms with Crippen LogP contribution in [0.5, 0.6) is 0 Å². The summed E-state index contributed by atoms with van der Waals surface area (Å²) < 4.78 is 15.3. The predicted molar refractivity (Wildman–Crippen MR) is 113 cm³/mol. The molecule has 0 radical (unpaired) electrons. The Hall–Kier alpha value is -3.53. The number of amides is 1. The lowest BCUT2D eigenvalue weighted by Crippen LogP contribution is -2.21. The van der Waals surface area contributed by atoms with Crippen molar-refractivity contribution in [2.45, 2.75) is 33.3 Å². The second kappa shape index (κ2) is 9.52. The van der Waals surface area contributed by atoms with Crippen molar-refractivity contribution in [2.75, 3.05) is 12.4 Å². The summed E-state index contributed by atoms with van der Waals surface area (Å²) in [5.41, 5.74) is 0.255. The Labute approximate surface area is 181 Å². The van der Waals surface area contributed by atoms with Crippen LogP contribution in [0.2, 0.25) is 0 Å². The number of aryl methyl sites for hydroxylation is 1. The molecular weight excluding hydrogens is 424 g/mol. The normalized spacial score (nSPS) is 10.7. The van der Waals surface area contributed by atoms with E-state index in [1.54, 1.807) is 12.3 Å². The number of fused-ring (bicyclic) bond motifs is 1. The van der Waals surface area contributed by atoms with E-state index in [4.69, 9.17) is 9.15 Å². The smallest absolute Gasteiger partial charge is 0.350 e. The predicted octanol–water partition coefficient (Wildman–Crippen LogP) is 3.44. The number of hydrogen-bond acceptors (Lipinski definition) is 9. The van der Waals surface area contributed by atoms with Crippen LogP contribution in [-0.4, -0.2) is 29.9 Å². The van der Waals surface area contributed by atoms with E-state index in [9.17, 15) is 19.2 Å². The molecule has 3 aromatic rings. The van der Waals surface area contributed by atoms with Gasteiger partial charge >= 0.3 is 17.6 Å². The minimum absolute atomic E-state index is 0.0750. The van der Waals surface area contributed by atoms with E-state index in [0.29, 0.717) is 23.1 Å². The first-order chi connectivity index (χ1) is 14.8. The van der Waals surface area contributed by atoms with Crippen LogP contribution >= 0.6 is 11.3 Å². The summed E-state index contributed by atoms with van der Waals surface area (Å²) in [4.78, 5) is 53.1. The minimum Gasteiger partial charge on any atom is -0.465 e. The van der Waals surface area contributed by atoms with E-state index < -0.39 is 17.5 Å². The van der Waals surface area contributed by atoms with Gasteiger partial charge in [-0.25, -0.2) is 9.59 Å². The van der Waals surface area contributed by atoms with Crippen molar-refractivity contribution in [1.29, 1.82) is 0 Å². The van der Waals surface area contributed by atoms with Crippen molar-refractivity contribution in [1.82, 2.24) is 4.98 Å². The highest BCUT2D eigenvalue weighted by Gasteiger charge is 2.21. The molecule has 0 fully saturated rings. The van der Waals surface area contributed by atoms with Gasteiger partial charge in [-0.1, -0.05) is 6.92 Å². The van der Waals surface area contributed by atoms with E-state index in [0.717, 1.165) is 11.3 Å². The molecule has 0 aromatic carbocycles. The number of esters is 2. The van der Waals surface area contributed by atoms with E-state index in [1.165, 1.54) is 25.4 Å². The fourth-order valence-electron chi connectivity index (χ4n) is 2.84. The first kappa shape index (κ1) is 22.2. The molecule has 3 aromatic heterocycles. The van der Waals surface area contributed by atoms with Crippen LogP contribution in [0.15, 0.2) is 32.9 Å². The summed E-state index contributed by atoms with van der Waals surface area (Å²) in [6, 6.07) is 2.91. The van der Waals surface area contributed by atoms with Crippen LogP contribution in [0, 0.1) is 6.92 Å². The summed E-state index contributed by atoms with van der Waals surface area (Å²) >= 11 is 1.10. The molecule has 0 saturated heterocycles. The molecular formula is C21H20N2O7S. The maximum Gasteiger partial charge on any atom is 0.350 e. The number of carbonyl (C=O) groups is 3. The fourth-order valence-corrected chi connectivity index (χ4v) is 3.60. The Balaban J connectivity index is 1.96. The standard InChI is InChI=1S/C21H20N2O7S/c1-4-5-16(24)29-10-12-9-22-11(2)17-13(12)8-14(20(26)30-17)19(25)23-15-6-7-31-18(15)21(27)28-3/h6-9H,4-5,10H2,1-3H3,(H,23,25). The number of pyridine rings is 1. The number of anilines is 1. The fraction of sp³-hybridized carbons (Fsp3) is 0.286. The average molecular weight is 444 g/mol. The number of nitrogens with one attached hydrogen (secondary N) is 1. The third-order valence-electron chi connectivity index (χ3n) is 4.41. The van der Waals surface area contributed by atoms with Gasteiger partial charge in [-0.2, -0.15) is 0 Å². The zero-order chi connectivity index (χ0) is 22.5. The van der Waals surface area contributed by atoms with Crippen molar-refractivity contribution in [3.05, 3.63) is 55.8 Å². The van der Waals surface area contributed by atoms with Gasteiger partial charge in [0, 0.05) is 23.6 Å². The lowest BCUT2D eigenvalue weighted by atomic mass is 10.1. The molecule has 0 spiro atoms. The van der Waals surface area contributed by atoms with Crippen LogP contribution in [0.3, 0.4) is 0 Å². The molecule has 3 rings (SSSR count). The van der Waals surface area contributed by atoms with Crippen LogP contribution < -0.4 is 10.9 Å². The van der Waals surface area contributed by atoms with Crippen molar-refractivity contribution in [2.24, 2.45) is 0 Å². The van der Waals surface area contributed by atoms with Crippen LogP contribution in [0.4, 0.5) is 5.69 Å². The molecule has 0 unspecified atom stereocenters. The van der Waals surface area contributed by atoms with Gasteiger partial charge in [-0.15, -0.1) is 11.3 Å². The Morgan fingerprint density at radius 1 is 1.29 bits per heavy atom. The van der Waals surface area contributed by atoms with Crippen LogP contribution in [0.25, 0.3) is 11.0 Å². The minimum atomic E-state index is -0.857. The number of ether oxygens (including phenoxy) is 2. The van der Waals surface area contributed by atoms with Crippen LogP contribution in [-0.2, 0) is 20.9 Å². The van der Waals surface area contributed by atoms with Crippen LogP contribution in [0.1, 0.15) is 51.1 Å². The molecule has 1 N–H and O–H groups in total. The van der Waals surface area contributed by atoms with Gasteiger partial charge in [0.2, 0.25) is 0 Å². The van der Waals surface area contributed by atoms with E-state index >= 15 is 0 Å². The highest BCUT2D eigenvalue weighted by molar-refractivity contribution is 7.12. The largest absolute Gasteiger partial charge is 0.465 e. The second-order valence-corrected chi connectivity index (χ2v) is 7.50. The molecule has 0 aliphatic carbocycles. The number of nitrogens with zero attached hydrogens (tertiary/aromatic N) is 1. The number of rotatable bonds is 7. The lowest BCUT2D eigenvalue weighted by Gasteiger charge is -2.10. The third-order valence-corrected chi connectivity index (χ3v) is 5.30. The third kappa shape index (κ3) is 4.80. The summed E-state index contributed by atoms with van der Waals surface area (Å²) in [6.07, 6.45) is 2.44. The quantitative estimate of drug-likeness (QED) is 0.550. The molecule has 0 bridgehead atoms. The van der Waals surface area contributed by atoms with Gasteiger partial charge in [-0.05, 0) is 30.9 Å². The Morgan fingerprint density at radius 3 is 2.77 bits per heavy atom. The summed E-state index contributed by atoms with van der Waals surface area (Å²) in [6.45, 7) is 3.45. The molecule has 1 amide bonds. The topological polar surface area (TPSA) is 125 Å². The molecule has 0 aliphatic heterocycles. The number of carbonyl (C=O) groups excluding carboxylic acids is 3. The van der Waals surface area contributed by atoms with Gasteiger partial charge in [-0.3, -0.25) is 14.6 Å². The molecule has 162 valence electrons. The Bertz CT molecular complexity index is 1210. The monoisotopic (exact) mass is 444 g/mol. The molecule has 9 nitrogen and oxygen atoms in total. The Kier molecular flexibility index (Phi) is 6.81. The highest BCUT2D eigenvalue weighted by atomic mass is 32.1. The average Bonchev–Trinajstić information content (AvgIpc) is 3.21. The summed E-state index contributed by atoms with van der Waals surface area (Å²) in [5, 5.41) is 4.58. The zero-order valence-electron chi connectivity index (χ0n) is 17.1. The van der Waals surface area contributed by atoms with Gasteiger partial charge in [0.15, 0.2) is 5.58 Å². The van der Waals surface area contributed by atoms with E-state index in [1.807, 2.05) is 6.92 Å². The summed E-state index contributed by atoms with van der Waals surface area (Å²) in [7, 11) is 1.23. The molecule has 0 saturated carbocycles. The number of thiophene rings is 1. The molecule has 10 heteroatoms. The van der Waals surface area contributed by atoms with Gasteiger partial charge in [0.25, 0.3) is 5.91 Å². The summed E-state index contributed by atoms with van der Waals surface area (Å²) in [5.74, 6) is -1.71. The maximum atomic E-state index is 12.8. The number of aromatic nitrogens is 1. The lowest BCUT2D eigenvalue weighted by molar-refractivity contribution is -0.144. The second-order valence-electron chi connectivity index (χ2n) is 6.58. The molecule has 0 aliphatic rings. The van der Waals surface area contributed by atoms with E-state index in [-0.39, 0.29) is 40.7 Å². The van der Waals surface area contributed by atoms with Gasteiger partial charge < -0.3 is 19.2 Å². The highest BCUT2D eigenvalue weighted by Crippen LogP contribution is 2.25. The van der Waals surface area contributed by atoms with Crippen molar-refractivity contribution < 1.29 is 28.3 Å². The van der Waals surface area contributed by atoms with Gasteiger partial charge in [0.1, 0.15) is 17.0 Å². The Morgan fingerprint density at radius 2 is 2.06 bits per heavy atom. The SMILES string of the molecule is CCCC(=O)OCc1cnc(C)c2oc(=O)c(C(=O)Nc3ccsc3C(=O)OC)cc12. The first-order valence-corrected chi connectivity index (χ1v) is 10.3. The van der Waals surface area contributed by atoms with Crippen molar-refractivity contribution in [3.63, 3.8) is 0 Å². The number of hydrogen-bond donors (Lipinski definition) is 1. The number of methoxy groups -OCH3 is 1. The van der Waals surface area contributed by atoms with Crippen molar-refractivity contribution in [3.8, 4) is 0 Å². The molecule has 31 heavy (non-hydrogen) atoms. The maximum absolute atomic E-state index is 12.8. The van der Waals surface area contributed by atoms with Crippen molar-refractivity contribution >= 4 is 45.8 Å². The molecule has 0 atom stereocenters. The molecule has 3 heterocycles.